The molecule has 1 saturated heterocycles. The van der Waals surface area contributed by atoms with Gasteiger partial charge >= 0.3 is 0 Å². The van der Waals surface area contributed by atoms with Gasteiger partial charge in [0, 0.05) is 49.9 Å². The lowest BCUT2D eigenvalue weighted by Crippen LogP contribution is -2.31. The fourth-order valence-corrected chi connectivity index (χ4v) is 4.25. The number of halogens is 1. The van der Waals surface area contributed by atoms with E-state index in [1.54, 1.807) is 36.5 Å². The van der Waals surface area contributed by atoms with E-state index in [1.165, 1.54) is 13.2 Å². The Labute approximate surface area is 208 Å². The van der Waals surface area contributed by atoms with E-state index in [9.17, 15) is 14.9 Å². The Kier molecular flexibility index (Phi) is 7.79. The molecule has 1 aromatic heterocycles. The number of aromatic nitrogens is 1. The smallest absolute Gasteiger partial charge is 0.269 e. The minimum Gasteiger partial charge on any atom is -0.496 e. The average molecular weight is 496 g/mol. The number of para-hydroxylation sites is 1. The molecule has 10 heteroatoms. The van der Waals surface area contributed by atoms with E-state index in [1.807, 2.05) is 18.2 Å². The summed E-state index contributed by atoms with van der Waals surface area (Å²) in [5, 5.41) is 14.5. The lowest BCUT2D eigenvalue weighted by atomic mass is 10.2. The van der Waals surface area contributed by atoms with Crippen molar-refractivity contribution in [2.24, 2.45) is 0 Å². The second kappa shape index (κ2) is 11.2. The van der Waals surface area contributed by atoms with Gasteiger partial charge < -0.3 is 15.0 Å². The summed E-state index contributed by atoms with van der Waals surface area (Å²) in [5.74, 6) is 1.08. The highest BCUT2D eigenvalue weighted by Gasteiger charge is 2.19. The van der Waals surface area contributed by atoms with E-state index in [0.717, 1.165) is 44.0 Å². The van der Waals surface area contributed by atoms with Gasteiger partial charge in [-0.3, -0.25) is 19.8 Å². The lowest BCUT2D eigenvalue weighted by molar-refractivity contribution is -0.384. The van der Waals surface area contributed by atoms with Crippen LogP contribution in [0.3, 0.4) is 0 Å². The zero-order chi connectivity index (χ0) is 24.8. The second-order valence-electron chi connectivity index (χ2n) is 8.21. The molecular weight excluding hydrogens is 470 g/mol. The number of nitrogens with zero attached hydrogens (tertiary/aromatic N) is 4. The summed E-state index contributed by atoms with van der Waals surface area (Å²) >= 11 is 6.29. The molecule has 9 nitrogen and oxygen atoms in total. The lowest BCUT2D eigenvalue weighted by Gasteiger charge is -2.23. The number of carbonyl (C=O) groups is 1. The monoisotopic (exact) mass is 495 g/mol. The first-order valence-corrected chi connectivity index (χ1v) is 11.6. The number of anilines is 2. The van der Waals surface area contributed by atoms with Gasteiger partial charge in [-0.15, -0.1) is 0 Å². The van der Waals surface area contributed by atoms with Crippen molar-refractivity contribution >= 4 is 34.7 Å². The standard InChI is InChI=1S/C25H26ClN5O4/c1-35-23-6-3-2-5-21(23)25(32)28-19-7-10-24(27-16-19)30-12-4-11-29(13-14-30)17-18-15-20(31(33)34)8-9-22(18)26/h2-3,5-10,15-16H,4,11-14,17H2,1H3,(H,28,32). The number of methoxy groups -OCH3 is 1. The molecule has 0 spiro atoms. The summed E-state index contributed by atoms with van der Waals surface area (Å²) in [6.45, 7) is 3.76. The molecule has 0 unspecified atom stereocenters. The van der Waals surface area contributed by atoms with Crippen molar-refractivity contribution in [2.75, 3.05) is 43.5 Å². The Balaban J connectivity index is 1.36. The predicted octanol–water partition coefficient (Wildman–Crippen LogP) is 4.62. The van der Waals surface area contributed by atoms with E-state index in [0.29, 0.717) is 28.6 Å². The quantitative estimate of drug-likeness (QED) is 0.377. The van der Waals surface area contributed by atoms with Gasteiger partial charge in [-0.05, 0) is 42.3 Å². The van der Waals surface area contributed by atoms with Crippen LogP contribution in [0.2, 0.25) is 5.02 Å². The van der Waals surface area contributed by atoms with Crippen LogP contribution >= 0.6 is 11.6 Å². The summed E-state index contributed by atoms with van der Waals surface area (Å²) in [4.78, 5) is 32.3. The van der Waals surface area contributed by atoms with Crippen molar-refractivity contribution in [1.29, 1.82) is 0 Å². The van der Waals surface area contributed by atoms with Crippen molar-refractivity contribution in [2.45, 2.75) is 13.0 Å². The van der Waals surface area contributed by atoms with Gasteiger partial charge in [0.05, 0.1) is 29.5 Å². The summed E-state index contributed by atoms with van der Waals surface area (Å²) in [6, 6.07) is 15.3. The van der Waals surface area contributed by atoms with Crippen molar-refractivity contribution < 1.29 is 14.5 Å². The molecule has 2 heterocycles. The topological polar surface area (TPSA) is 101 Å². The zero-order valence-corrected chi connectivity index (χ0v) is 20.1. The van der Waals surface area contributed by atoms with Gasteiger partial charge in [-0.2, -0.15) is 0 Å². The third kappa shape index (κ3) is 6.06. The number of pyridine rings is 1. The molecule has 1 N–H and O–H groups in total. The van der Waals surface area contributed by atoms with Crippen LogP contribution in [0, 0.1) is 10.1 Å². The van der Waals surface area contributed by atoms with E-state index < -0.39 is 4.92 Å². The predicted molar refractivity (Wildman–Crippen MR) is 135 cm³/mol. The number of benzene rings is 2. The van der Waals surface area contributed by atoms with E-state index in [4.69, 9.17) is 16.3 Å². The van der Waals surface area contributed by atoms with Gasteiger partial charge in [-0.1, -0.05) is 23.7 Å². The highest BCUT2D eigenvalue weighted by molar-refractivity contribution is 6.31. The average Bonchev–Trinajstić information content (AvgIpc) is 3.11. The third-order valence-corrected chi connectivity index (χ3v) is 6.27. The summed E-state index contributed by atoms with van der Waals surface area (Å²) in [5.41, 5.74) is 1.85. The number of nitro benzene ring substituents is 1. The maximum absolute atomic E-state index is 12.6. The van der Waals surface area contributed by atoms with Gasteiger partial charge in [-0.25, -0.2) is 4.98 Å². The Hall–Kier alpha value is -3.69. The van der Waals surface area contributed by atoms with Crippen LogP contribution < -0.4 is 15.0 Å². The second-order valence-corrected chi connectivity index (χ2v) is 8.62. The van der Waals surface area contributed by atoms with E-state index in [-0.39, 0.29) is 11.6 Å². The maximum Gasteiger partial charge on any atom is 0.269 e. The van der Waals surface area contributed by atoms with E-state index in [2.05, 4.69) is 20.1 Å². The molecule has 0 atom stereocenters. The Bertz CT molecular complexity index is 1200. The highest BCUT2D eigenvalue weighted by atomic mass is 35.5. The highest BCUT2D eigenvalue weighted by Crippen LogP contribution is 2.25. The van der Waals surface area contributed by atoms with E-state index >= 15 is 0 Å². The molecule has 0 radical (unpaired) electrons. The summed E-state index contributed by atoms with van der Waals surface area (Å²) in [6.07, 6.45) is 2.56. The molecule has 0 aliphatic carbocycles. The minimum absolute atomic E-state index is 0.0444. The number of ether oxygens (including phenoxy) is 1. The normalized spacial score (nSPS) is 14.3. The number of nitro groups is 1. The van der Waals surface area contributed by atoms with Crippen LogP contribution in [0.5, 0.6) is 5.75 Å². The first-order chi connectivity index (χ1) is 16.9. The van der Waals surface area contributed by atoms with Crippen molar-refractivity contribution in [3.8, 4) is 5.75 Å². The number of rotatable bonds is 7. The molecule has 0 bridgehead atoms. The SMILES string of the molecule is COc1ccccc1C(=O)Nc1ccc(N2CCCN(Cc3cc([N+](=O)[O-])ccc3Cl)CC2)nc1. The van der Waals surface area contributed by atoms with Crippen LogP contribution in [0.4, 0.5) is 17.2 Å². The first kappa shape index (κ1) is 24.4. The zero-order valence-electron chi connectivity index (χ0n) is 19.3. The fraction of sp³-hybridized carbons (Fsp3) is 0.280. The number of hydrogen-bond acceptors (Lipinski definition) is 7. The van der Waals surface area contributed by atoms with Crippen LogP contribution in [-0.4, -0.2) is 54.0 Å². The van der Waals surface area contributed by atoms with Gasteiger partial charge in [0.15, 0.2) is 0 Å². The number of non-ortho nitro benzene ring substituents is 1. The van der Waals surface area contributed by atoms with Gasteiger partial charge in [0.25, 0.3) is 11.6 Å². The molecular formula is C25H26ClN5O4. The molecule has 1 aliphatic heterocycles. The van der Waals surface area contributed by atoms with Crippen molar-refractivity contribution in [3.05, 3.63) is 87.1 Å². The largest absolute Gasteiger partial charge is 0.496 e. The Morgan fingerprint density at radius 2 is 1.97 bits per heavy atom. The number of nitrogens with one attached hydrogen (secondary N) is 1. The summed E-state index contributed by atoms with van der Waals surface area (Å²) in [7, 11) is 1.53. The van der Waals surface area contributed by atoms with Gasteiger partial charge in [0.2, 0.25) is 0 Å². The fourth-order valence-electron chi connectivity index (χ4n) is 4.07. The first-order valence-electron chi connectivity index (χ1n) is 11.2. The molecule has 2 aromatic carbocycles. The molecule has 4 rings (SSSR count). The minimum atomic E-state index is -0.405. The molecule has 182 valence electrons. The van der Waals surface area contributed by atoms with Crippen LogP contribution in [0.15, 0.2) is 60.8 Å². The van der Waals surface area contributed by atoms with Crippen molar-refractivity contribution in [1.82, 2.24) is 9.88 Å². The Morgan fingerprint density at radius 1 is 1.14 bits per heavy atom. The number of carbonyl (C=O) groups excluding carboxylic acids is 1. The van der Waals surface area contributed by atoms with Crippen LogP contribution in [0.25, 0.3) is 0 Å². The molecule has 1 fully saturated rings. The van der Waals surface area contributed by atoms with Gasteiger partial charge in [0.1, 0.15) is 11.6 Å². The maximum atomic E-state index is 12.6. The third-order valence-electron chi connectivity index (χ3n) is 5.90. The number of amides is 1. The number of hydrogen-bond donors (Lipinski definition) is 1. The molecule has 35 heavy (non-hydrogen) atoms. The van der Waals surface area contributed by atoms with Crippen LogP contribution in [-0.2, 0) is 6.54 Å². The van der Waals surface area contributed by atoms with Crippen LogP contribution in [0.1, 0.15) is 22.3 Å². The molecule has 1 aliphatic rings. The molecule has 3 aromatic rings. The summed E-state index contributed by atoms with van der Waals surface area (Å²) < 4.78 is 5.26. The molecule has 0 saturated carbocycles. The Morgan fingerprint density at radius 3 is 2.71 bits per heavy atom. The van der Waals surface area contributed by atoms with Crippen molar-refractivity contribution in [3.63, 3.8) is 0 Å². The molecule has 1 amide bonds.